The Morgan fingerprint density at radius 2 is 1.90 bits per heavy atom. The molecule has 0 amide bonds. The van der Waals surface area contributed by atoms with E-state index in [4.69, 9.17) is 5.73 Å². The van der Waals surface area contributed by atoms with E-state index in [-0.39, 0.29) is 0 Å². The van der Waals surface area contributed by atoms with Crippen LogP contribution in [0, 0.1) is 0 Å². The number of piperazine rings is 1. The van der Waals surface area contributed by atoms with Gasteiger partial charge in [0.1, 0.15) is 0 Å². The molecule has 0 atom stereocenters. The number of rotatable bonds is 3. The summed E-state index contributed by atoms with van der Waals surface area (Å²) in [7, 11) is 0. The van der Waals surface area contributed by atoms with Crippen LogP contribution in [0.1, 0.15) is 13.3 Å². The first kappa shape index (κ1) is 13.2. The minimum Gasteiger partial charge on any atom is -0.396 e. The van der Waals surface area contributed by atoms with Crippen molar-refractivity contribution in [2.24, 2.45) is 0 Å². The zero-order chi connectivity index (χ0) is 13.9. The summed E-state index contributed by atoms with van der Waals surface area (Å²) in [6, 6.07) is 8.24. The van der Waals surface area contributed by atoms with Gasteiger partial charge in [-0.25, -0.2) is 0 Å². The van der Waals surface area contributed by atoms with Crippen molar-refractivity contribution < 1.29 is 0 Å². The molecule has 2 heterocycles. The van der Waals surface area contributed by atoms with Gasteiger partial charge < -0.3 is 10.6 Å². The van der Waals surface area contributed by atoms with Crippen LogP contribution in [0.5, 0.6) is 0 Å². The van der Waals surface area contributed by atoms with Crippen LogP contribution in [0.2, 0.25) is 0 Å². The highest BCUT2D eigenvalue weighted by Gasteiger charge is 2.20. The Kier molecular flexibility index (Phi) is 3.74. The first-order valence-electron chi connectivity index (χ1n) is 7.40. The molecule has 0 bridgehead atoms. The van der Waals surface area contributed by atoms with E-state index in [0.29, 0.717) is 0 Å². The minimum atomic E-state index is 0.785. The maximum absolute atomic E-state index is 6.19. The highest BCUT2D eigenvalue weighted by Crippen LogP contribution is 2.31. The molecule has 20 heavy (non-hydrogen) atoms. The van der Waals surface area contributed by atoms with Gasteiger partial charge in [0.15, 0.2) is 0 Å². The smallest absolute Gasteiger partial charge is 0.0745 e. The van der Waals surface area contributed by atoms with E-state index in [1.807, 2.05) is 12.1 Å². The lowest BCUT2D eigenvalue weighted by Crippen LogP contribution is -2.46. The Hall–Kier alpha value is -1.81. The lowest BCUT2D eigenvalue weighted by molar-refractivity contribution is 0.259. The number of nitrogens with two attached hydrogens (primary N) is 1. The lowest BCUT2D eigenvalue weighted by Gasteiger charge is -2.36. The van der Waals surface area contributed by atoms with Crippen molar-refractivity contribution in [2.45, 2.75) is 13.3 Å². The standard InChI is InChI=1S/C16H22N4/c1-2-7-19-8-10-20(11-9-19)16-13-5-3-4-6-15(13)18-12-14(16)17/h3-6,12H,2,7-11,17H2,1H3. The fraction of sp³-hybridized carbons (Fsp3) is 0.438. The van der Waals surface area contributed by atoms with Gasteiger partial charge in [0.25, 0.3) is 0 Å². The van der Waals surface area contributed by atoms with Gasteiger partial charge in [-0.05, 0) is 19.0 Å². The van der Waals surface area contributed by atoms with Gasteiger partial charge in [0, 0.05) is 31.6 Å². The third kappa shape index (κ3) is 2.43. The summed E-state index contributed by atoms with van der Waals surface area (Å²) < 4.78 is 0. The number of pyridine rings is 1. The molecule has 2 aromatic rings. The zero-order valence-electron chi connectivity index (χ0n) is 12.0. The van der Waals surface area contributed by atoms with E-state index in [9.17, 15) is 0 Å². The number of hydrogen-bond donors (Lipinski definition) is 1. The van der Waals surface area contributed by atoms with E-state index in [1.54, 1.807) is 6.20 Å². The molecule has 1 aromatic carbocycles. The van der Waals surface area contributed by atoms with Crippen LogP contribution in [0.25, 0.3) is 10.9 Å². The van der Waals surface area contributed by atoms with E-state index in [0.717, 1.165) is 48.5 Å². The quantitative estimate of drug-likeness (QED) is 0.930. The molecule has 106 valence electrons. The number of nitrogens with zero attached hydrogens (tertiary/aromatic N) is 3. The number of para-hydroxylation sites is 1. The van der Waals surface area contributed by atoms with Crippen LogP contribution in [0.4, 0.5) is 11.4 Å². The molecule has 0 unspecified atom stereocenters. The summed E-state index contributed by atoms with van der Waals surface area (Å²) in [6.07, 6.45) is 3.01. The lowest BCUT2D eigenvalue weighted by atomic mass is 10.1. The van der Waals surface area contributed by atoms with Crippen LogP contribution >= 0.6 is 0 Å². The van der Waals surface area contributed by atoms with Crippen LogP contribution in [-0.4, -0.2) is 42.6 Å². The van der Waals surface area contributed by atoms with Gasteiger partial charge >= 0.3 is 0 Å². The second-order valence-electron chi connectivity index (χ2n) is 5.41. The Balaban J connectivity index is 1.89. The van der Waals surface area contributed by atoms with E-state index in [1.165, 1.54) is 13.0 Å². The monoisotopic (exact) mass is 270 g/mol. The van der Waals surface area contributed by atoms with Crippen LogP contribution < -0.4 is 10.6 Å². The van der Waals surface area contributed by atoms with Crippen LogP contribution in [0.3, 0.4) is 0 Å². The largest absolute Gasteiger partial charge is 0.396 e. The summed E-state index contributed by atoms with van der Waals surface area (Å²) in [4.78, 5) is 9.35. The van der Waals surface area contributed by atoms with Crippen molar-refractivity contribution in [3.8, 4) is 0 Å². The SMILES string of the molecule is CCCN1CCN(c2c(N)cnc3ccccc23)CC1. The normalized spacial score (nSPS) is 16.8. The number of fused-ring (bicyclic) bond motifs is 1. The zero-order valence-corrected chi connectivity index (χ0v) is 12.0. The molecule has 1 aromatic heterocycles. The molecular weight excluding hydrogens is 248 g/mol. The summed E-state index contributed by atoms with van der Waals surface area (Å²) in [6.45, 7) is 7.74. The minimum absolute atomic E-state index is 0.785. The fourth-order valence-corrected chi connectivity index (χ4v) is 3.01. The Labute approximate surface area is 120 Å². The molecule has 1 aliphatic rings. The maximum Gasteiger partial charge on any atom is 0.0745 e. The molecule has 1 aliphatic heterocycles. The molecule has 1 saturated heterocycles. The van der Waals surface area contributed by atoms with Crippen molar-refractivity contribution in [3.63, 3.8) is 0 Å². The summed E-state index contributed by atoms with van der Waals surface area (Å²) in [5.74, 6) is 0. The van der Waals surface area contributed by atoms with E-state index >= 15 is 0 Å². The van der Waals surface area contributed by atoms with Crippen LogP contribution in [-0.2, 0) is 0 Å². The second kappa shape index (κ2) is 5.67. The number of hydrogen-bond acceptors (Lipinski definition) is 4. The maximum atomic E-state index is 6.19. The summed E-state index contributed by atoms with van der Waals surface area (Å²) in [5, 5.41) is 1.16. The molecule has 3 rings (SSSR count). The first-order valence-corrected chi connectivity index (χ1v) is 7.40. The number of aromatic nitrogens is 1. The Morgan fingerprint density at radius 3 is 2.65 bits per heavy atom. The van der Waals surface area contributed by atoms with Gasteiger partial charge in [0.2, 0.25) is 0 Å². The molecule has 2 N–H and O–H groups in total. The van der Waals surface area contributed by atoms with Crippen molar-refractivity contribution >= 4 is 22.3 Å². The third-order valence-corrected chi connectivity index (χ3v) is 4.00. The highest BCUT2D eigenvalue weighted by atomic mass is 15.3. The molecule has 4 nitrogen and oxygen atoms in total. The highest BCUT2D eigenvalue weighted by molar-refractivity contribution is 5.97. The van der Waals surface area contributed by atoms with Gasteiger partial charge in [-0.15, -0.1) is 0 Å². The van der Waals surface area contributed by atoms with Crippen LogP contribution in [0.15, 0.2) is 30.5 Å². The number of benzene rings is 1. The molecule has 1 fully saturated rings. The van der Waals surface area contributed by atoms with Crippen molar-refractivity contribution in [1.82, 2.24) is 9.88 Å². The van der Waals surface area contributed by atoms with E-state index < -0.39 is 0 Å². The molecular formula is C16H22N4. The van der Waals surface area contributed by atoms with E-state index in [2.05, 4.69) is 33.8 Å². The first-order chi connectivity index (χ1) is 9.79. The number of nitrogen functional groups attached to an aromatic ring is 1. The molecule has 0 aliphatic carbocycles. The molecule has 0 radical (unpaired) electrons. The summed E-state index contributed by atoms with van der Waals surface area (Å²) >= 11 is 0. The molecule has 0 spiro atoms. The topological polar surface area (TPSA) is 45.4 Å². The fourth-order valence-electron chi connectivity index (χ4n) is 3.01. The van der Waals surface area contributed by atoms with Gasteiger partial charge in [0.05, 0.1) is 23.1 Å². The summed E-state index contributed by atoms with van der Waals surface area (Å²) in [5.41, 5.74) is 9.16. The number of anilines is 2. The Bertz CT molecular complexity index is 588. The predicted octanol–water partition coefficient (Wildman–Crippen LogP) is 2.35. The third-order valence-electron chi connectivity index (χ3n) is 4.00. The molecule has 4 heteroatoms. The van der Waals surface area contributed by atoms with Gasteiger partial charge in [-0.2, -0.15) is 0 Å². The van der Waals surface area contributed by atoms with Crippen molar-refractivity contribution in [2.75, 3.05) is 43.4 Å². The Morgan fingerprint density at radius 1 is 1.15 bits per heavy atom. The average Bonchev–Trinajstić information content (AvgIpc) is 2.49. The van der Waals surface area contributed by atoms with Gasteiger partial charge in [-0.3, -0.25) is 9.88 Å². The second-order valence-corrected chi connectivity index (χ2v) is 5.41. The van der Waals surface area contributed by atoms with Crippen molar-refractivity contribution in [3.05, 3.63) is 30.5 Å². The molecule has 0 saturated carbocycles. The average molecular weight is 270 g/mol. The predicted molar refractivity (Wildman–Crippen MR) is 85.1 cm³/mol. The van der Waals surface area contributed by atoms with Crippen molar-refractivity contribution in [1.29, 1.82) is 0 Å². The van der Waals surface area contributed by atoms with Gasteiger partial charge in [-0.1, -0.05) is 25.1 Å².